The molecular weight excluding hydrogens is 140 g/mol. The lowest BCUT2D eigenvalue weighted by Crippen LogP contribution is -2.29. The molecule has 62 valence electrons. The zero-order valence-corrected chi connectivity index (χ0v) is 6.71. The predicted octanol–water partition coefficient (Wildman–Crippen LogP) is 1.53. The van der Waals surface area contributed by atoms with Gasteiger partial charge in [0.2, 0.25) is 0 Å². The second kappa shape index (κ2) is 2.94. The van der Waals surface area contributed by atoms with Gasteiger partial charge in [-0.05, 0) is 32.1 Å². The number of hydrogen-bond donors (Lipinski definition) is 0. The maximum Gasteiger partial charge on any atom is 0.164 e. The van der Waals surface area contributed by atoms with Gasteiger partial charge in [0.1, 0.15) is 6.10 Å². The van der Waals surface area contributed by atoms with Crippen LogP contribution in [0.4, 0.5) is 0 Å². The van der Waals surface area contributed by atoms with Gasteiger partial charge in [0.05, 0.1) is 0 Å². The van der Waals surface area contributed by atoms with E-state index in [1.54, 1.807) is 0 Å². The van der Waals surface area contributed by atoms with Crippen LogP contribution in [0.3, 0.4) is 0 Å². The van der Waals surface area contributed by atoms with E-state index in [-0.39, 0.29) is 6.10 Å². The van der Waals surface area contributed by atoms with Crippen LogP contribution < -0.4 is 0 Å². The van der Waals surface area contributed by atoms with Gasteiger partial charge in [0, 0.05) is 12.5 Å². The van der Waals surface area contributed by atoms with E-state index < -0.39 is 0 Å². The highest BCUT2D eigenvalue weighted by atomic mass is 16.5. The highest BCUT2D eigenvalue weighted by molar-refractivity contribution is 5.87. The molecule has 11 heavy (non-hydrogen) atoms. The summed E-state index contributed by atoms with van der Waals surface area (Å²) < 4.78 is 5.39. The zero-order valence-electron chi connectivity index (χ0n) is 6.71. The summed E-state index contributed by atoms with van der Waals surface area (Å²) in [6, 6.07) is 0. The van der Waals surface area contributed by atoms with E-state index in [0.29, 0.717) is 11.7 Å². The minimum Gasteiger partial charge on any atom is -0.370 e. The third-order valence-corrected chi connectivity index (χ3v) is 2.48. The monoisotopic (exact) mass is 154 g/mol. The van der Waals surface area contributed by atoms with Gasteiger partial charge in [-0.3, -0.25) is 4.79 Å². The molecule has 0 aromatic carbocycles. The van der Waals surface area contributed by atoms with Crippen molar-refractivity contribution in [1.82, 2.24) is 0 Å². The quantitative estimate of drug-likeness (QED) is 0.603. The molecule has 1 heterocycles. The minimum atomic E-state index is -0.0313. The molecule has 0 bridgehead atoms. The lowest BCUT2D eigenvalue weighted by molar-refractivity contribution is -0.134. The van der Waals surface area contributed by atoms with Crippen molar-refractivity contribution in [2.24, 2.45) is 5.92 Å². The number of hydrogen-bond acceptors (Lipinski definition) is 2. The molecule has 1 saturated heterocycles. The molecule has 0 aromatic heterocycles. The minimum absolute atomic E-state index is 0.0313. The highest BCUT2D eigenvalue weighted by Gasteiger charge is 2.35. The Hall–Kier alpha value is -0.370. The average Bonchev–Trinajstić information content (AvgIpc) is 2.87. The van der Waals surface area contributed by atoms with Crippen LogP contribution in [0, 0.1) is 5.92 Å². The topological polar surface area (TPSA) is 26.3 Å². The van der Waals surface area contributed by atoms with Gasteiger partial charge in [-0.25, -0.2) is 0 Å². The first-order valence-corrected chi connectivity index (χ1v) is 4.53. The first-order chi connectivity index (χ1) is 5.38. The fourth-order valence-corrected chi connectivity index (χ4v) is 1.60. The summed E-state index contributed by atoms with van der Waals surface area (Å²) in [5.41, 5.74) is 0. The molecule has 1 saturated carbocycles. The molecule has 2 fully saturated rings. The van der Waals surface area contributed by atoms with Crippen molar-refractivity contribution < 1.29 is 9.53 Å². The van der Waals surface area contributed by atoms with Crippen LogP contribution in [0.5, 0.6) is 0 Å². The number of ketones is 1. The molecule has 1 aliphatic carbocycles. The molecule has 2 rings (SSSR count). The summed E-state index contributed by atoms with van der Waals surface area (Å²) in [6.07, 6.45) is 5.46. The molecule has 2 heteroatoms. The van der Waals surface area contributed by atoms with Crippen LogP contribution >= 0.6 is 0 Å². The Morgan fingerprint density at radius 3 is 2.55 bits per heavy atom. The Labute approximate surface area is 66.9 Å². The number of Topliss-reactive ketones (excluding diaryl/α,β-unsaturated/α-hetero) is 1. The maximum absolute atomic E-state index is 11.4. The van der Waals surface area contributed by atoms with Gasteiger partial charge in [-0.15, -0.1) is 0 Å². The third-order valence-electron chi connectivity index (χ3n) is 2.48. The van der Waals surface area contributed by atoms with Crippen molar-refractivity contribution >= 4 is 5.78 Å². The van der Waals surface area contributed by atoms with E-state index in [2.05, 4.69) is 0 Å². The first kappa shape index (κ1) is 7.29. The van der Waals surface area contributed by atoms with Gasteiger partial charge in [0.25, 0.3) is 0 Å². The Bertz CT molecular complexity index is 155. The van der Waals surface area contributed by atoms with E-state index in [9.17, 15) is 4.79 Å². The number of carbonyl (C=O) groups is 1. The van der Waals surface area contributed by atoms with Crippen molar-refractivity contribution in [2.45, 2.75) is 38.2 Å². The molecule has 0 aromatic rings. The molecule has 0 spiro atoms. The van der Waals surface area contributed by atoms with E-state index >= 15 is 0 Å². The van der Waals surface area contributed by atoms with Crippen LogP contribution in [0.25, 0.3) is 0 Å². The molecule has 0 radical (unpaired) electrons. The Morgan fingerprint density at radius 1 is 1.18 bits per heavy atom. The second-order valence-corrected chi connectivity index (χ2v) is 3.53. The van der Waals surface area contributed by atoms with Crippen LogP contribution in [0.1, 0.15) is 32.1 Å². The SMILES string of the molecule is O=C(C1CC1)C1CCCCO1. The van der Waals surface area contributed by atoms with Crippen LogP contribution in [0.15, 0.2) is 0 Å². The van der Waals surface area contributed by atoms with Gasteiger partial charge in [-0.1, -0.05) is 0 Å². The average molecular weight is 154 g/mol. The summed E-state index contributed by atoms with van der Waals surface area (Å²) in [7, 11) is 0. The Kier molecular flexibility index (Phi) is 1.95. The van der Waals surface area contributed by atoms with Gasteiger partial charge in [-0.2, -0.15) is 0 Å². The van der Waals surface area contributed by atoms with E-state index in [1.807, 2.05) is 0 Å². The molecule has 1 atom stereocenters. The highest BCUT2D eigenvalue weighted by Crippen LogP contribution is 2.33. The third kappa shape index (κ3) is 1.62. The molecule has 1 aliphatic heterocycles. The van der Waals surface area contributed by atoms with E-state index in [0.717, 1.165) is 32.3 Å². The van der Waals surface area contributed by atoms with Crippen molar-refractivity contribution in [3.63, 3.8) is 0 Å². The molecule has 1 unspecified atom stereocenters. The first-order valence-electron chi connectivity index (χ1n) is 4.53. The van der Waals surface area contributed by atoms with Crippen LogP contribution in [-0.2, 0) is 9.53 Å². The largest absolute Gasteiger partial charge is 0.370 e. The number of carbonyl (C=O) groups excluding carboxylic acids is 1. The van der Waals surface area contributed by atoms with Crippen molar-refractivity contribution in [3.05, 3.63) is 0 Å². The lowest BCUT2D eigenvalue weighted by Gasteiger charge is -2.20. The summed E-state index contributed by atoms with van der Waals surface area (Å²) in [4.78, 5) is 11.4. The van der Waals surface area contributed by atoms with Crippen molar-refractivity contribution in [1.29, 1.82) is 0 Å². The predicted molar refractivity (Wildman–Crippen MR) is 41.3 cm³/mol. The zero-order chi connectivity index (χ0) is 7.68. The Morgan fingerprint density at radius 2 is 2.00 bits per heavy atom. The standard InChI is InChI=1S/C9H14O2/c10-9(7-4-5-7)8-3-1-2-6-11-8/h7-8H,1-6H2. The fourth-order valence-electron chi connectivity index (χ4n) is 1.60. The maximum atomic E-state index is 11.4. The van der Waals surface area contributed by atoms with Gasteiger partial charge < -0.3 is 4.74 Å². The molecular formula is C9H14O2. The molecule has 2 aliphatic rings. The van der Waals surface area contributed by atoms with Gasteiger partial charge >= 0.3 is 0 Å². The van der Waals surface area contributed by atoms with E-state index in [1.165, 1.54) is 6.42 Å². The molecule has 2 nitrogen and oxygen atoms in total. The number of ether oxygens (including phenoxy) is 1. The van der Waals surface area contributed by atoms with Gasteiger partial charge in [0.15, 0.2) is 5.78 Å². The normalized spacial score (nSPS) is 31.8. The fraction of sp³-hybridized carbons (Fsp3) is 0.889. The van der Waals surface area contributed by atoms with Crippen molar-refractivity contribution in [3.8, 4) is 0 Å². The molecule has 0 N–H and O–H groups in total. The smallest absolute Gasteiger partial charge is 0.164 e. The van der Waals surface area contributed by atoms with Crippen LogP contribution in [-0.4, -0.2) is 18.5 Å². The van der Waals surface area contributed by atoms with Crippen LogP contribution in [0.2, 0.25) is 0 Å². The second-order valence-electron chi connectivity index (χ2n) is 3.53. The molecule has 0 amide bonds. The summed E-state index contributed by atoms with van der Waals surface area (Å²) in [5.74, 6) is 0.753. The van der Waals surface area contributed by atoms with E-state index in [4.69, 9.17) is 4.74 Å². The summed E-state index contributed by atoms with van der Waals surface area (Å²) in [5, 5.41) is 0. The number of rotatable bonds is 2. The summed E-state index contributed by atoms with van der Waals surface area (Å²) in [6.45, 7) is 0.795. The lowest BCUT2D eigenvalue weighted by atomic mass is 10.0. The van der Waals surface area contributed by atoms with Crippen molar-refractivity contribution in [2.75, 3.05) is 6.61 Å². The summed E-state index contributed by atoms with van der Waals surface area (Å²) >= 11 is 0. The Balaban J connectivity index is 1.86.